The van der Waals surface area contributed by atoms with Crippen LogP contribution in [0.25, 0.3) is 10.2 Å². The second-order valence-corrected chi connectivity index (χ2v) is 7.42. The Morgan fingerprint density at radius 1 is 0.963 bits per heavy atom. The fourth-order valence-electron chi connectivity index (χ4n) is 3.27. The van der Waals surface area contributed by atoms with Crippen molar-refractivity contribution < 1.29 is 4.79 Å². The lowest BCUT2D eigenvalue weighted by atomic mass is 10.1. The molecule has 0 aliphatic carbocycles. The predicted molar refractivity (Wildman–Crippen MR) is 113 cm³/mol. The first-order chi connectivity index (χ1) is 13.1. The number of fused-ring (bicyclic) bond motifs is 1. The Morgan fingerprint density at radius 3 is 2.07 bits per heavy atom. The number of anilines is 3. The Hall–Kier alpha value is -3.18. The van der Waals surface area contributed by atoms with Crippen molar-refractivity contribution in [2.75, 3.05) is 10.6 Å². The van der Waals surface area contributed by atoms with Gasteiger partial charge in [-0.1, -0.05) is 36.4 Å². The van der Waals surface area contributed by atoms with E-state index < -0.39 is 0 Å². The number of nitrogen functional groups attached to an aromatic ring is 1. The van der Waals surface area contributed by atoms with Gasteiger partial charge in [-0.25, -0.2) is 4.98 Å². The van der Waals surface area contributed by atoms with Crippen molar-refractivity contribution in [1.82, 2.24) is 4.98 Å². The molecule has 0 saturated carbocycles. The van der Waals surface area contributed by atoms with Crippen LogP contribution in [0.5, 0.6) is 0 Å². The number of benzene rings is 2. The van der Waals surface area contributed by atoms with E-state index in [1.165, 1.54) is 11.3 Å². The molecule has 0 radical (unpaired) electrons. The Bertz CT molecular complexity index is 1080. The first kappa shape index (κ1) is 17.2. The molecule has 1 amide bonds. The van der Waals surface area contributed by atoms with Gasteiger partial charge in [-0.3, -0.25) is 9.69 Å². The molecule has 5 heteroatoms. The molecule has 4 aromatic rings. The minimum atomic E-state index is -0.148. The molecule has 2 heterocycles. The van der Waals surface area contributed by atoms with Gasteiger partial charge < -0.3 is 5.73 Å². The van der Waals surface area contributed by atoms with Crippen LogP contribution >= 0.6 is 11.3 Å². The molecule has 4 nitrogen and oxygen atoms in total. The molecule has 0 aliphatic rings. The highest BCUT2D eigenvalue weighted by Gasteiger charge is 2.25. The summed E-state index contributed by atoms with van der Waals surface area (Å²) in [6.07, 6.45) is 0. The van der Waals surface area contributed by atoms with E-state index in [4.69, 9.17) is 5.73 Å². The smallest absolute Gasteiger partial charge is 0.275 e. The van der Waals surface area contributed by atoms with Crippen LogP contribution in [0.15, 0.2) is 66.7 Å². The molecule has 0 fully saturated rings. The summed E-state index contributed by atoms with van der Waals surface area (Å²) >= 11 is 1.35. The zero-order valence-corrected chi connectivity index (χ0v) is 16.0. The summed E-state index contributed by atoms with van der Waals surface area (Å²) in [6.45, 7) is 3.95. The molecule has 0 spiro atoms. The largest absolute Gasteiger partial charge is 0.397 e. The number of hydrogen-bond acceptors (Lipinski definition) is 4. The van der Waals surface area contributed by atoms with E-state index in [9.17, 15) is 4.79 Å². The lowest BCUT2D eigenvalue weighted by Crippen LogP contribution is -2.25. The quantitative estimate of drug-likeness (QED) is 0.518. The van der Waals surface area contributed by atoms with Crippen molar-refractivity contribution in [1.29, 1.82) is 0 Å². The van der Waals surface area contributed by atoms with Crippen LogP contribution in [-0.2, 0) is 0 Å². The fourth-order valence-corrected chi connectivity index (χ4v) is 4.41. The molecule has 2 aromatic heterocycles. The maximum Gasteiger partial charge on any atom is 0.275 e. The Kier molecular flexibility index (Phi) is 4.38. The Balaban J connectivity index is 1.89. The zero-order valence-electron chi connectivity index (χ0n) is 15.1. The summed E-state index contributed by atoms with van der Waals surface area (Å²) in [5, 5.41) is 0.870. The first-order valence-electron chi connectivity index (χ1n) is 8.67. The van der Waals surface area contributed by atoms with Crippen LogP contribution in [0.1, 0.15) is 20.9 Å². The maximum atomic E-state index is 13.6. The average Bonchev–Trinajstić information content (AvgIpc) is 3.00. The number of hydrogen-bond donors (Lipinski definition) is 1. The van der Waals surface area contributed by atoms with Gasteiger partial charge in [0.25, 0.3) is 5.91 Å². The second kappa shape index (κ2) is 6.85. The third kappa shape index (κ3) is 3.06. The number of amides is 1. The first-order valence-corrected chi connectivity index (χ1v) is 9.48. The number of pyridine rings is 1. The number of rotatable bonds is 3. The average molecular weight is 373 g/mol. The number of thiophene rings is 1. The van der Waals surface area contributed by atoms with Gasteiger partial charge in [0.1, 0.15) is 9.71 Å². The molecule has 0 aliphatic heterocycles. The number of nitrogens with two attached hydrogens (primary N) is 1. The van der Waals surface area contributed by atoms with E-state index in [0.29, 0.717) is 10.6 Å². The molecule has 0 unspecified atom stereocenters. The van der Waals surface area contributed by atoms with Crippen molar-refractivity contribution in [2.45, 2.75) is 13.8 Å². The molecular weight excluding hydrogens is 354 g/mol. The van der Waals surface area contributed by atoms with E-state index in [2.05, 4.69) is 4.98 Å². The number of carbonyl (C=O) groups excluding carboxylic acids is 1. The van der Waals surface area contributed by atoms with Crippen LogP contribution in [0.2, 0.25) is 0 Å². The molecule has 0 bridgehead atoms. The minimum absolute atomic E-state index is 0.148. The molecule has 0 atom stereocenters. The summed E-state index contributed by atoms with van der Waals surface area (Å²) in [7, 11) is 0. The van der Waals surface area contributed by atoms with Crippen LogP contribution < -0.4 is 10.6 Å². The summed E-state index contributed by atoms with van der Waals surface area (Å²) in [4.78, 5) is 21.1. The highest BCUT2D eigenvalue weighted by Crippen LogP contribution is 2.38. The third-order valence-electron chi connectivity index (χ3n) is 4.45. The molecule has 2 N–H and O–H groups in total. The topological polar surface area (TPSA) is 59.2 Å². The summed E-state index contributed by atoms with van der Waals surface area (Å²) in [6, 6.07) is 21.2. The Labute approximate surface area is 161 Å². The lowest BCUT2D eigenvalue weighted by Gasteiger charge is -2.22. The molecule has 27 heavy (non-hydrogen) atoms. The SMILES string of the molecule is Cc1cc(C)c2c(N)c(C(=O)N(c3ccccc3)c3ccccc3)sc2n1. The van der Waals surface area contributed by atoms with Crippen LogP contribution in [0, 0.1) is 13.8 Å². The summed E-state index contributed by atoms with van der Waals surface area (Å²) in [5.74, 6) is -0.148. The molecule has 2 aromatic carbocycles. The van der Waals surface area contributed by atoms with Gasteiger partial charge in [0.15, 0.2) is 0 Å². The predicted octanol–water partition coefficient (Wildman–Crippen LogP) is 5.47. The van der Waals surface area contributed by atoms with Gasteiger partial charge in [-0.15, -0.1) is 11.3 Å². The third-order valence-corrected chi connectivity index (χ3v) is 5.54. The van der Waals surface area contributed by atoms with Crippen molar-refractivity contribution in [3.8, 4) is 0 Å². The van der Waals surface area contributed by atoms with Gasteiger partial charge in [-0.05, 0) is 49.7 Å². The van der Waals surface area contributed by atoms with Crippen molar-refractivity contribution in [2.24, 2.45) is 0 Å². The lowest BCUT2D eigenvalue weighted by molar-refractivity contribution is 0.100. The highest BCUT2D eigenvalue weighted by molar-refractivity contribution is 7.21. The number of carbonyl (C=O) groups is 1. The number of nitrogens with zero attached hydrogens (tertiary/aromatic N) is 2. The van der Waals surface area contributed by atoms with E-state index in [0.717, 1.165) is 32.8 Å². The molecule has 4 rings (SSSR count). The van der Waals surface area contributed by atoms with Crippen molar-refractivity contribution >= 4 is 44.5 Å². The van der Waals surface area contributed by atoms with Crippen molar-refractivity contribution in [3.05, 3.63) is 82.9 Å². The van der Waals surface area contributed by atoms with Crippen LogP contribution in [-0.4, -0.2) is 10.9 Å². The van der Waals surface area contributed by atoms with E-state index >= 15 is 0 Å². The summed E-state index contributed by atoms with van der Waals surface area (Å²) in [5.41, 5.74) is 10.5. The van der Waals surface area contributed by atoms with E-state index in [1.807, 2.05) is 80.6 Å². The molecule has 0 saturated heterocycles. The molecule has 134 valence electrons. The fraction of sp³-hybridized carbons (Fsp3) is 0.0909. The van der Waals surface area contributed by atoms with Gasteiger partial charge in [0.05, 0.1) is 5.69 Å². The summed E-state index contributed by atoms with van der Waals surface area (Å²) < 4.78 is 0. The number of aromatic nitrogens is 1. The van der Waals surface area contributed by atoms with Crippen LogP contribution in [0.4, 0.5) is 17.1 Å². The van der Waals surface area contributed by atoms with E-state index in [-0.39, 0.29) is 5.91 Å². The normalized spacial score (nSPS) is 10.9. The van der Waals surface area contributed by atoms with Gasteiger partial charge in [0.2, 0.25) is 0 Å². The number of aryl methyl sites for hydroxylation is 2. The second-order valence-electron chi connectivity index (χ2n) is 6.42. The Morgan fingerprint density at radius 2 is 1.52 bits per heavy atom. The van der Waals surface area contributed by atoms with Gasteiger partial charge in [0, 0.05) is 22.5 Å². The zero-order chi connectivity index (χ0) is 19.0. The van der Waals surface area contributed by atoms with Gasteiger partial charge in [-0.2, -0.15) is 0 Å². The van der Waals surface area contributed by atoms with Crippen molar-refractivity contribution in [3.63, 3.8) is 0 Å². The highest BCUT2D eigenvalue weighted by atomic mass is 32.1. The van der Waals surface area contributed by atoms with Crippen LogP contribution in [0.3, 0.4) is 0 Å². The standard InChI is InChI=1S/C22H19N3OS/c1-14-13-15(2)24-21-18(14)19(23)20(27-21)22(26)25(16-9-5-3-6-10-16)17-11-7-4-8-12-17/h3-13H,23H2,1-2H3. The number of para-hydroxylation sites is 2. The minimum Gasteiger partial charge on any atom is -0.397 e. The van der Waals surface area contributed by atoms with Gasteiger partial charge >= 0.3 is 0 Å². The monoisotopic (exact) mass is 373 g/mol. The van der Waals surface area contributed by atoms with E-state index in [1.54, 1.807) is 4.90 Å². The maximum absolute atomic E-state index is 13.6. The molecular formula is C22H19N3OS.